The second-order valence-electron chi connectivity index (χ2n) is 3.45. The summed E-state index contributed by atoms with van der Waals surface area (Å²) in [6, 6.07) is 5.44. The molecule has 0 unspecified atom stereocenters. The molecular formula is C10H14O2S. The van der Waals surface area contributed by atoms with Gasteiger partial charge in [-0.2, -0.15) is 0 Å². The van der Waals surface area contributed by atoms with Crippen LogP contribution in [0.1, 0.15) is 19.4 Å². The van der Waals surface area contributed by atoms with Gasteiger partial charge in [0.2, 0.25) is 0 Å². The fourth-order valence-corrected chi connectivity index (χ4v) is 1.38. The van der Waals surface area contributed by atoms with E-state index < -0.39 is 5.60 Å². The average molecular weight is 198 g/mol. The summed E-state index contributed by atoms with van der Waals surface area (Å²) in [5.74, 6) is 0.719. The predicted octanol–water partition coefficient (Wildman–Crippen LogP) is 2.21. The molecule has 0 fully saturated rings. The summed E-state index contributed by atoms with van der Waals surface area (Å²) in [4.78, 5) is 0.738. The Bertz CT molecular complexity index is 302. The van der Waals surface area contributed by atoms with Crippen LogP contribution >= 0.6 is 12.6 Å². The van der Waals surface area contributed by atoms with Crippen molar-refractivity contribution in [3.63, 3.8) is 0 Å². The number of benzene rings is 1. The largest absolute Gasteiger partial charge is 0.496 e. The SMILES string of the molecule is COc1ccc(C(C)(C)O)cc1S. The minimum atomic E-state index is -0.830. The van der Waals surface area contributed by atoms with Gasteiger partial charge in [0.1, 0.15) is 5.75 Å². The molecule has 0 heterocycles. The second-order valence-corrected chi connectivity index (χ2v) is 3.93. The minimum absolute atomic E-state index is 0.719. The Morgan fingerprint density at radius 1 is 1.38 bits per heavy atom. The van der Waals surface area contributed by atoms with Crippen LogP contribution in [0.25, 0.3) is 0 Å². The molecule has 1 rings (SSSR count). The number of methoxy groups -OCH3 is 1. The van der Waals surface area contributed by atoms with Crippen molar-refractivity contribution in [2.24, 2.45) is 0 Å². The van der Waals surface area contributed by atoms with Crippen molar-refractivity contribution >= 4 is 12.6 Å². The lowest BCUT2D eigenvalue weighted by Gasteiger charge is -2.18. The van der Waals surface area contributed by atoms with Crippen LogP contribution in [-0.2, 0) is 5.60 Å². The van der Waals surface area contributed by atoms with Crippen LogP contribution in [0.5, 0.6) is 5.75 Å². The van der Waals surface area contributed by atoms with Crippen molar-refractivity contribution < 1.29 is 9.84 Å². The maximum atomic E-state index is 9.70. The zero-order valence-electron chi connectivity index (χ0n) is 8.03. The third-order valence-corrected chi connectivity index (χ3v) is 2.23. The fourth-order valence-electron chi connectivity index (χ4n) is 1.07. The first-order valence-electron chi connectivity index (χ1n) is 4.05. The number of hydrogen-bond donors (Lipinski definition) is 2. The molecule has 0 saturated carbocycles. The van der Waals surface area contributed by atoms with E-state index in [1.807, 2.05) is 12.1 Å². The molecule has 0 saturated heterocycles. The summed E-state index contributed by atoms with van der Waals surface area (Å²) in [7, 11) is 1.60. The van der Waals surface area contributed by atoms with E-state index >= 15 is 0 Å². The monoisotopic (exact) mass is 198 g/mol. The summed E-state index contributed by atoms with van der Waals surface area (Å²) >= 11 is 4.24. The van der Waals surface area contributed by atoms with Crippen LogP contribution in [0.4, 0.5) is 0 Å². The fraction of sp³-hybridized carbons (Fsp3) is 0.400. The number of rotatable bonds is 2. The van der Waals surface area contributed by atoms with Gasteiger partial charge in [-0.25, -0.2) is 0 Å². The normalized spacial score (nSPS) is 11.5. The van der Waals surface area contributed by atoms with Crippen molar-refractivity contribution in [3.05, 3.63) is 23.8 Å². The molecule has 0 aliphatic carbocycles. The number of ether oxygens (including phenoxy) is 1. The molecule has 1 N–H and O–H groups in total. The van der Waals surface area contributed by atoms with Crippen molar-refractivity contribution in [3.8, 4) is 5.75 Å². The highest BCUT2D eigenvalue weighted by Crippen LogP contribution is 2.28. The van der Waals surface area contributed by atoms with E-state index in [0.29, 0.717) is 0 Å². The zero-order chi connectivity index (χ0) is 10.1. The molecular weight excluding hydrogens is 184 g/mol. The molecule has 0 radical (unpaired) electrons. The van der Waals surface area contributed by atoms with Gasteiger partial charge in [0.15, 0.2) is 0 Å². The van der Waals surface area contributed by atoms with Crippen molar-refractivity contribution in [1.29, 1.82) is 0 Å². The maximum Gasteiger partial charge on any atom is 0.132 e. The van der Waals surface area contributed by atoms with Crippen LogP contribution in [0.2, 0.25) is 0 Å². The Hall–Kier alpha value is -0.670. The molecule has 0 spiro atoms. The molecule has 0 aliphatic rings. The van der Waals surface area contributed by atoms with Crippen LogP contribution in [0, 0.1) is 0 Å². The number of hydrogen-bond acceptors (Lipinski definition) is 3. The lowest BCUT2D eigenvalue weighted by molar-refractivity contribution is 0.0783. The topological polar surface area (TPSA) is 29.5 Å². The van der Waals surface area contributed by atoms with E-state index in [9.17, 15) is 5.11 Å². The quantitative estimate of drug-likeness (QED) is 0.713. The van der Waals surface area contributed by atoms with Crippen LogP contribution < -0.4 is 4.74 Å². The van der Waals surface area contributed by atoms with Gasteiger partial charge in [-0.3, -0.25) is 0 Å². The Kier molecular flexibility index (Phi) is 2.88. The summed E-state index contributed by atoms with van der Waals surface area (Å²) in [6.07, 6.45) is 0. The summed E-state index contributed by atoms with van der Waals surface area (Å²) in [5.41, 5.74) is 0.00215. The third kappa shape index (κ3) is 2.39. The molecule has 0 atom stereocenters. The van der Waals surface area contributed by atoms with E-state index in [2.05, 4.69) is 12.6 Å². The number of aliphatic hydroxyl groups is 1. The van der Waals surface area contributed by atoms with Gasteiger partial charge in [0, 0.05) is 4.90 Å². The maximum absolute atomic E-state index is 9.70. The summed E-state index contributed by atoms with van der Waals surface area (Å²) < 4.78 is 5.05. The Balaban J connectivity index is 3.10. The first-order chi connectivity index (χ1) is 5.95. The van der Waals surface area contributed by atoms with E-state index in [-0.39, 0.29) is 0 Å². The molecule has 1 aromatic rings. The summed E-state index contributed by atoms with van der Waals surface area (Å²) in [6.45, 7) is 3.48. The molecule has 0 amide bonds. The van der Waals surface area contributed by atoms with Gasteiger partial charge < -0.3 is 9.84 Å². The predicted molar refractivity (Wildman–Crippen MR) is 55.5 cm³/mol. The smallest absolute Gasteiger partial charge is 0.132 e. The van der Waals surface area contributed by atoms with Gasteiger partial charge in [0.25, 0.3) is 0 Å². The van der Waals surface area contributed by atoms with Crippen LogP contribution in [0.15, 0.2) is 23.1 Å². The Morgan fingerprint density at radius 2 is 2.00 bits per heavy atom. The van der Waals surface area contributed by atoms with E-state index in [4.69, 9.17) is 4.74 Å². The second kappa shape index (κ2) is 3.60. The highest BCUT2D eigenvalue weighted by molar-refractivity contribution is 7.80. The molecule has 72 valence electrons. The first kappa shape index (κ1) is 10.4. The highest BCUT2D eigenvalue weighted by atomic mass is 32.1. The molecule has 13 heavy (non-hydrogen) atoms. The van der Waals surface area contributed by atoms with Gasteiger partial charge in [-0.1, -0.05) is 6.07 Å². The standard InChI is InChI=1S/C10H14O2S/c1-10(2,11)7-4-5-8(12-3)9(13)6-7/h4-6,11,13H,1-3H3. The van der Waals surface area contributed by atoms with Gasteiger partial charge >= 0.3 is 0 Å². The van der Waals surface area contributed by atoms with Gasteiger partial charge in [-0.05, 0) is 31.5 Å². The molecule has 0 aliphatic heterocycles. The summed E-state index contributed by atoms with van der Waals surface area (Å²) in [5, 5.41) is 9.70. The lowest BCUT2D eigenvalue weighted by atomic mass is 9.98. The van der Waals surface area contributed by atoms with Crippen LogP contribution in [0.3, 0.4) is 0 Å². The zero-order valence-corrected chi connectivity index (χ0v) is 8.93. The number of thiol groups is 1. The van der Waals surface area contributed by atoms with Crippen LogP contribution in [-0.4, -0.2) is 12.2 Å². The highest BCUT2D eigenvalue weighted by Gasteiger charge is 2.16. The molecule has 1 aromatic carbocycles. The molecule has 2 nitrogen and oxygen atoms in total. The van der Waals surface area contributed by atoms with Crippen molar-refractivity contribution in [1.82, 2.24) is 0 Å². The third-order valence-electron chi connectivity index (χ3n) is 1.89. The van der Waals surface area contributed by atoms with Crippen molar-refractivity contribution in [2.45, 2.75) is 24.3 Å². The Labute approximate surface area is 84.0 Å². The molecule has 0 bridgehead atoms. The van der Waals surface area contributed by atoms with Crippen molar-refractivity contribution in [2.75, 3.05) is 7.11 Å². The van der Waals surface area contributed by atoms with Gasteiger partial charge in [-0.15, -0.1) is 12.6 Å². The molecule has 3 heteroatoms. The molecule has 0 aromatic heterocycles. The van der Waals surface area contributed by atoms with E-state index in [0.717, 1.165) is 16.2 Å². The van der Waals surface area contributed by atoms with E-state index in [1.54, 1.807) is 27.0 Å². The first-order valence-corrected chi connectivity index (χ1v) is 4.49. The van der Waals surface area contributed by atoms with Gasteiger partial charge in [0.05, 0.1) is 12.7 Å². The minimum Gasteiger partial charge on any atom is -0.496 e. The lowest BCUT2D eigenvalue weighted by Crippen LogP contribution is -2.15. The Morgan fingerprint density at radius 3 is 2.38 bits per heavy atom. The average Bonchev–Trinajstić information content (AvgIpc) is 2.02. The van der Waals surface area contributed by atoms with E-state index in [1.165, 1.54) is 0 Å².